The summed E-state index contributed by atoms with van der Waals surface area (Å²) in [5.74, 6) is 0.865. The zero-order chi connectivity index (χ0) is 15.4. The quantitative estimate of drug-likeness (QED) is 0.884. The Kier molecular flexibility index (Phi) is 5.26. The molecule has 0 fully saturated rings. The standard InChI is InChI=1S/C16H22ClN3O/c1-11(2)20-16(14(17)10-19-20)15(18)9-6-12-4-7-13(21-3)8-5-12/h4-5,7-8,10-11,15H,6,9,18H2,1-3H3. The minimum absolute atomic E-state index is 0.121. The van der Waals surface area contributed by atoms with Gasteiger partial charge in [-0.05, 0) is 44.4 Å². The zero-order valence-electron chi connectivity index (χ0n) is 12.7. The number of aromatic nitrogens is 2. The van der Waals surface area contributed by atoms with Crippen molar-refractivity contribution in [1.82, 2.24) is 9.78 Å². The highest BCUT2D eigenvalue weighted by Crippen LogP contribution is 2.27. The number of halogens is 1. The van der Waals surface area contributed by atoms with Crippen LogP contribution < -0.4 is 10.5 Å². The molecule has 2 N–H and O–H groups in total. The van der Waals surface area contributed by atoms with Crippen LogP contribution in [0.2, 0.25) is 5.02 Å². The van der Waals surface area contributed by atoms with Crippen LogP contribution in [-0.4, -0.2) is 16.9 Å². The second-order valence-electron chi connectivity index (χ2n) is 5.41. The van der Waals surface area contributed by atoms with Gasteiger partial charge in [0.15, 0.2) is 0 Å². The van der Waals surface area contributed by atoms with Crippen LogP contribution in [0.3, 0.4) is 0 Å². The lowest BCUT2D eigenvalue weighted by Crippen LogP contribution is -2.18. The maximum absolute atomic E-state index is 6.31. The Labute approximate surface area is 130 Å². The molecule has 1 aromatic carbocycles. The molecule has 2 rings (SSSR count). The first-order valence-electron chi connectivity index (χ1n) is 7.14. The lowest BCUT2D eigenvalue weighted by atomic mass is 10.0. The number of benzene rings is 1. The first kappa shape index (κ1) is 15.9. The number of methoxy groups -OCH3 is 1. The van der Waals surface area contributed by atoms with E-state index in [0.717, 1.165) is 24.3 Å². The highest BCUT2D eigenvalue weighted by molar-refractivity contribution is 6.31. The van der Waals surface area contributed by atoms with E-state index in [9.17, 15) is 0 Å². The molecule has 1 heterocycles. The minimum Gasteiger partial charge on any atom is -0.497 e. The van der Waals surface area contributed by atoms with Gasteiger partial charge in [0.2, 0.25) is 0 Å². The zero-order valence-corrected chi connectivity index (χ0v) is 13.5. The van der Waals surface area contributed by atoms with E-state index in [0.29, 0.717) is 5.02 Å². The summed E-state index contributed by atoms with van der Waals surface area (Å²) < 4.78 is 7.06. The van der Waals surface area contributed by atoms with Crippen LogP contribution in [0, 0.1) is 0 Å². The van der Waals surface area contributed by atoms with Crippen LogP contribution in [0.5, 0.6) is 5.75 Å². The van der Waals surface area contributed by atoms with E-state index < -0.39 is 0 Å². The molecule has 2 aromatic rings. The molecular formula is C16H22ClN3O. The largest absolute Gasteiger partial charge is 0.497 e. The third kappa shape index (κ3) is 3.77. The Hall–Kier alpha value is -1.52. The maximum Gasteiger partial charge on any atom is 0.118 e. The summed E-state index contributed by atoms with van der Waals surface area (Å²) in [4.78, 5) is 0. The molecule has 0 spiro atoms. The molecule has 0 amide bonds. The summed E-state index contributed by atoms with van der Waals surface area (Å²) in [5.41, 5.74) is 8.46. The predicted octanol–water partition coefficient (Wildman–Crippen LogP) is 3.76. The number of aryl methyl sites for hydroxylation is 1. The van der Waals surface area contributed by atoms with Gasteiger partial charge in [0.1, 0.15) is 5.75 Å². The molecule has 0 bridgehead atoms. The summed E-state index contributed by atoms with van der Waals surface area (Å²) >= 11 is 6.23. The number of hydrogen-bond donors (Lipinski definition) is 1. The van der Waals surface area contributed by atoms with Crippen LogP contribution in [0.25, 0.3) is 0 Å². The molecule has 0 aliphatic heterocycles. The third-order valence-corrected chi connectivity index (χ3v) is 3.82. The van der Waals surface area contributed by atoms with Gasteiger partial charge in [-0.15, -0.1) is 0 Å². The van der Waals surface area contributed by atoms with Crippen molar-refractivity contribution in [2.45, 2.75) is 38.8 Å². The molecule has 1 atom stereocenters. The normalized spacial score (nSPS) is 12.7. The van der Waals surface area contributed by atoms with E-state index in [-0.39, 0.29) is 12.1 Å². The monoisotopic (exact) mass is 307 g/mol. The second-order valence-corrected chi connectivity index (χ2v) is 5.82. The number of nitrogens with two attached hydrogens (primary N) is 1. The Bertz CT molecular complexity index is 578. The first-order chi connectivity index (χ1) is 10.0. The molecule has 1 unspecified atom stereocenters. The van der Waals surface area contributed by atoms with Crippen molar-refractivity contribution >= 4 is 11.6 Å². The molecule has 0 aliphatic rings. The van der Waals surface area contributed by atoms with Gasteiger partial charge in [-0.25, -0.2) is 0 Å². The van der Waals surface area contributed by atoms with E-state index in [4.69, 9.17) is 22.1 Å². The van der Waals surface area contributed by atoms with E-state index in [1.54, 1.807) is 13.3 Å². The molecular weight excluding hydrogens is 286 g/mol. The molecule has 0 saturated heterocycles. The Morgan fingerprint density at radius 2 is 1.95 bits per heavy atom. The van der Waals surface area contributed by atoms with E-state index in [1.165, 1.54) is 5.56 Å². The average molecular weight is 308 g/mol. The lowest BCUT2D eigenvalue weighted by Gasteiger charge is -2.17. The molecule has 0 aliphatic carbocycles. The Morgan fingerprint density at radius 3 is 2.52 bits per heavy atom. The van der Waals surface area contributed by atoms with E-state index in [2.05, 4.69) is 31.1 Å². The highest BCUT2D eigenvalue weighted by Gasteiger charge is 2.18. The molecule has 0 saturated carbocycles. The summed E-state index contributed by atoms with van der Waals surface area (Å²) in [5, 5.41) is 4.95. The van der Waals surface area contributed by atoms with Crippen molar-refractivity contribution < 1.29 is 4.74 Å². The molecule has 21 heavy (non-hydrogen) atoms. The second kappa shape index (κ2) is 6.96. The SMILES string of the molecule is COc1ccc(CCC(N)c2c(Cl)cnn2C(C)C)cc1. The van der Waals surface area contributed by atoms with Gasteiger partial charge in [-0.1, -0.05) is 23.7 Å². The summed E-state index contributed by atoms with van der Waals surface area (Å²) in [6, 6.07) is 8.18. The van der Waals surface area contributed by atoms with Crippen molar-refractivity contribution in [3.63, 3.8) is 0 Å². The van der Waals surface area contributed by atoms with Crippen molar-refractivity contribution in [3.8, 4) is 5.75 Å². The molecule has 114 valence electrons. The molecule has 1 aromatic heterocycles. The first-order valence-corrected chi connectivity index (χ1v) is 7.52. The van der Waals surface area contributed by atoms with Crippen molar-refractivity contribution in [3.05, 3.63) is 46.7 Å². The fourth-order valence-corrected chi connectivity index (χ4v) is 2.63. The fraction of sp³-hybridized carbons (Fsp3) is 0.438. The number of hydrogen-bond acceptors (Lipinski definition) is 3. The number of nitrogens with zero attached hydrogens (tertiary/aromatic N) is 2. The van der Waals surface area contributed by atoms with Crippen LogP contribution in [0.15, 0.2) is 30.5 Å². The van der Waals surface area contributed by atoms with Crippen LogP contribution in [0.1, 0.15) is 43.6 Å². The number of rotatable bonds is 6. The Balaban J connectivity index is 2.04. The van der Waals surface area contributed by atoms with Gasteiger partial charge in [0, 0.05) is 12.1 Å². The van der Waals surface area contributed by atoms with Crippen molar-refractivity contribution in [1.29, 1.82) is 0 Å². The van der Waals surface area contributed by atoms with Gasteiger partial charge >= 0.3 is 0 Å². The molecule has 0 radical (unpaired) electrons. The van der Waals surface area contributed by atoms with Crippen LogP contribution >= 0.6 is 11.6 Å². The van der Waals surface area contributed by atoms with Crippen LogP contribution in [-0.2, 0) is 6.42 Å². The molecule has 4 nitrogen and oxygen atoms in total. The summed E-state index contributed by atoms with van der Waals surface area (Å²) in [6.07, 6.45) is 3.39. The topological polar surface area (TPSA) is 53.1 Å². The maximum atomic E-state index is 6.31. The van der Waals surface area contributed by atoms with Crippen LogP contribution in [0.4, 0.5) is 0 Å². The fourth-order valence-electron chi connectivity index (χ4n) is 2.36. The summed E-state index contributed by atoms with van der Waals surface area (Å²) in [6.45, 7) is 4.14. The van der Waals surface area contributed by atoms with Gasteiger partial charge in [0.05, 0.1) is 24.0 Å². The van der Waals surface area contributed by atoms with Gasteiger partial charge in [-0.3, -0.25) is 4.68 Å². The summed E-state index contributed by atoms with van der Waals surface area (Å²) in [7, 11) is 1.67. The predicted molar refractivity (Wildman–Crippen MR) is 85.9 cm³/mol. The molecule has 5 heteroatoms. The van der Waals surface area contributed by atoms with Crippen molar-refractivity contribution in [2.24, 2.45) is 5.73 Å². The smallest absolute Gasteiger partial charge is 0.118 e. The minimum atomic E-state index is -0.121. The van der Waals surface area contributed by atoms with E-state index >= 15 is 0 Å². The lowest BCUT2D eigenvalue weighted by molar-refractivity contribution is 0.414. The van der Waals surface area contributed by atoms with Gasteiger partial charge in [0.25, 0.3) is 0 Å². The van der Waals surface area contributed by atoms with E-state index in [1.807, 2.05) is 16.8 Å². The average Bonchev–Trinajstić information content (AvgIpc) is 2.87. The Morgan fingerprint density at radius 1 is 1.29 bits per heavy atom. The van der Waals surface area contributed by atoms with Crippen molar-refractivity contribution in [2.75, 3.05) is 7.11 Å². The number of ether oxygens (including phenoxy) is 1. The third-order valence-electron chi connectivity index (χ3n) is 3.53. The van der Waals surface area contributed by atoms with Gasteiger partial charge in [-0.2, -0.15) is 5.10 Å². The van der Waals surface area contributed by atoms with Gasteiger partial charge < -0.3 is 10.5 Å². The highest BCUT2D eigenvalue weighted by atomic mass is 35.5.